The lowest BCUT2D eigenvalue weighted by Gasteiger charge is -2.23. The Hall–Kier alpha value is -2.93. The number of nitrogens with zero attached hydrogens (tertiary/aromatic N) is 2. The third-order valence-electron chi connectivity index (χ3n) is 5.59. The zero-order valence-corrected chi connectivity index (χ0v) is 16.9. The third-order valence-corrected chi connectivity index (χ3v) is 5.59. The number of amides is 2. The monoisotopic (exact) mass is 396 g/mol. The Labute approximate surface area is 169 Å². The molecule has 0 saturated heterocycles. The van der Waals surface area contributed by atoms with E-state index < -0.39 is 5.82 Å². The molecule has 152 valence electrons. The summed E-state index contributed by atoms with van der Waals surface area (Å²) < 4.78 is 13.7. The smallest absolute Gasteiger partial charge is 0.256 e. The molecule has 1 aromatic heterocycles. The first-order valence-corrected chi connectivity index (χ1v) is 9.83. The second kappa shape index (κ2) is 7.48. The molecule has 0 saturated carbocycles. The Balaban J connectivity index is 1.71. The average molecular weight is 396 g/mol. The molecule has 0 bridgehead atoms. The topological polar surface area (TPSA) is 68.4 Å². The minimum Gasteiger partial charge on any atom is -0.358 e. The Morgan fingerprint density at radius 2 is 2.07 bits per heavy atom. The van der Waals surface area contributed by atoms with Crippen molar-refractivity contribution in [1.29, 1.82) is 0 Å². The molecule has 0 radical (unpaired) electrons. The molecule has 2 amide bonds. The Morgan fingerprint density at radius 3 is 2.83 bits per heavy atom. The number of fused-ring (bicyclic) bond motifs is 2. The van der Waals surface area contributed by atoms with Crippen LogP contribution in [-0.2, 0) is 11.2 Å². The van der Waals surface area contributed by atoms with Crippen LogP contribution in [0.3, 0.4) is 0 Å². The number of hydrogen-bond donors (Lipinski definition) is 2. The van der Waals surface area contributed by atoms with Crippen molar-refractivity contribution in [2.24, 2.45) is 0 Å². The summed E-state index contributed by atoms with van der Waals surface area (Å²) in [6.45, 7) is 4.12. The van der Waals surface area contributed by atoms with E-state index >= 15 is 0 Å². The molecule has 7 heteroatoms. The number of rotatable bonds is 4. The minimum absolute atomic E-state index is 0.0278. The molecular formula is C22H25FN4O2. The summed E-state index contributed by atoms with van der Waals surface area (Å²) in [5.74, 6) is -0.634. The fourth-order valence-electron chi connectivity index (χ4n) is 3.99. The highest BCUT2D eigenvalue weighted by Gasteiger charge is 2.29. The Kier molecular flexibility index (Phi) is 5.00. The van der Waals surface area contributed by atoms with Crippen molar-refractivity contribution in [3.63, 3.8) is 0 Å². The summed E-state index contributed by atoms with van der Waals surface area (Å²) in [4.78, 5) is 32.9. The van der Waals surface area contributed by atoms with Crippen LogP contribution in [0.5, 0.6) is 0 Å². The van der Waals surface area contributed by atoms with Crippen LogP contribution >= 0.6 is 0 Å². The van der Waals surface area contributed by atoms with Crippen LogP contribution in [0.2, 0.25) is 0 Å². The number of hydrogen-bond acceptors (Lipinski definition) is 3. The number of benzene rings is 1. The first-order valence-electron chi connectivity index (χ1n) is 9.83. The second-order valence-electron chi connectivity index (χ2n) is 7.92. The minimum atomic E-state index is -0.392. The Bertz CT molecular complexity index is 1020. The van der Waals surface area contributed by atoms with E-state index in [0.717, 1.165) is 42.9 Å². The molecule has 6 nitrogen and oxygen atoms in total. The third kappa shape index (κ3) is 3.58. The van der Waals surface area contributed by atoms with Crippen LogP contribution < -0.4 is 5.32 Å². The van der Waals surface area contributed by atoms with E-state index in [2.05, 4.69) is 15.2 Å². The number of aryl methyl sites for hydroxylation is 1. The van der Waals surface area contributed by atoms with Crippen molar-refractivity contribution >= 4 is 29.2 Å². The van der Waals surface area contributed by atoms with Gasteiger partial charge in [0, 0.05) is 42.3 Å². The number of anilines is 1. The lowest BCUT2D eigenvalue weighted by Crippen LogP contribution is -2.36. The first-order chi connectivity index (χ1) is 13.8. The number of carbonyl (C=O) groups excluding carboxylic acids is 2. The van der Waals surface area contributed by atoms with E-state index in [1.54, 1.807) is 12.1 Å². The largest absolute Gasteiger partial charge is 0.358 e. The predicted molar refractivity (Wildman–Crippen MR) is 111 cm³/mol. The number of halogens is 1. The van der Waals surface area contributed by atoms with Crippen LogP contribution in [-0.4, -0.2) is 60.3 Å². The number of aromatic amines is 1. The van der Waals surface area contributed by atoms with Gasteiger partial charge in [-0.25, -0.2) is 4.39 Å². The highest BCUT2D eigenvalue weighted by Crippen LogP contribution is 2.35. The number of aromatic nitrogens is 1. The van der Waals surface area contributed by atoms with E-state index in [9.17, 15) is 14.0 Å². The van der Waals surface area contributed by atoms with Crippen molar-refractivity contribution in [2.45, 2.75) is 19.8 Å². The molecule has 0 fully saturated rings. The summed E-state index contributed by atoms with van der Waals surface area (Å²) in [6, 6.07) is 4.24. The summed E-state index contributed by atoms with van der Waals surface area (Å²) in [7, 11) is 3.99. The molecule has 0 unspecified atom stereocenters. The molecule has 2 N–H and O–H groups in total. The maximum atomic E-state index is 13.7. The van der Waals surface area contributed by atoms with E-state index in [-0.39, 0.29) is 11.8 Å². The van der Waals surface area contributed by atoms with Crippen molar-refractivity contribution < 1.29 is 14.0 Å². The molecule has 2 aliphatic rings. The van der Waals surface area contributed by atoms with E-state index in [0.29, 0.717) is 28.9 Å². The SMILES string of the molecule is Cc1c(C=C2C(=O)Nc3ccc(F)cc32)[nH]c2c1C(=O)N(CCN(C)C)CCC2. The van der Waals surface area contributed by atoms with Gasteiger partial charge < -0.3 is 20.1 Å². The van der Waals surface area contributed by atoms with Gasteiger partial charge in [0.05, 0.1) is 11.1 Å². The summed E-state index contributed by atoms with van der Waals surface area (Å²) in [5, 5.41) is 2.76. The van der Waals surface area contributed by atoms with Crippen molar-refractivity contribution in [3.8, 4) is 0 Å². The highest BCUT2D eigenvalue weighted by atomic mass is 19.1. The zero-order valence-electron chi connectivity index (χ0n) is 16.9. The van der Waals surface area contributed by atoms with Gasteiger partial charge in [0.1, 0.15) is 5.82 Å². The molecule has 0 spiro atoms. The Morgan fingerprint density at radius 1 is 1.28 bits per heavy atom. The lowest BCUT2D eigenvalue weighted by atomic mass is 10.0. The summed E-state index contributed by atoms with van der Waals surface area (Å²) >= 11 is 0. The predicted octanol–water partition coefficient (Wildman–Crippen LogP) is 2.90. The summed E-state index contributed by atoms with van der Waals surface area (Å²) in [5.41, 5.74) is 4.69. The fraction of sp³-hybridized carbons (Fsp3) is 0.364. The van der Waals surface area contributed by atoms with E-state index in [4.69, 9.17) is 0 Å². The number of H-pyrrole nitrogens is 1. The zero-order chi connectivity index (χ0) is 20.7. The molecule has 1 aromatic carbocycles. The molecule has 29 heavy (non-hydrogen) atoms. The van der Waals surface area contributed by atoms with Gasteiger partial charge in [-0.3, -0.25) is 9.59 Å². The van der Waals surface area contributed by atoms with Crippen LogP contribution in [0, 0.1) is 12.7 Å². The quantitative estimate of drug-likeness (QED) is 0.781. The molecule has 3 heterocycles. The molecule has 2 aliphatic heterocycles. The molecule has 2 aromatic rings. The first kappa shape index (κ1) is 19.4. The fourth-order valence-corrected chi connectivity index (χ4v) is 3.99. The van der Waals surface area contributed by atoms with Gasteiger partial charge in [-0.15, -0.1) is 0 Å². The van der Waals surface area contributed by atoms with Crippen molar-refractivity contribution in [2.75, 3.05) is 39.0 Å². The standard InChI is InChI=1S/C22H25FN4O2/c1-13-19(12-16-15-11-14(23)6-7-17(15)25-21(16)28)24-18-5-4-8-27(10-9-26(2)3)22(29)20(13)18/h6-7,11-12,24H,4-5,8-10H2,1-3H3,(H,25,28). The number of likely N-dealkylation sites (N-methyl/N-ethyl adjacent to an activating group) is 1. The second-order valence-corrected chi connectivity index (χ2v) is 7.92. The lowest BCUT2D eigenvalue weighted by molar-refractivity contribution is -0.110. The van der Waals surface area contributed by atoms with Crippen molar-refractivity contribution in [1.82, 2.24) is 14.8 Å². The van der Waals surface area contributed by atoms with Gasteiger partial charge >= 0.3 is 0 Å². The van der Waals surface area contributed by atoms with Gasteiger partial charge in [-0.1, -0.05) is 0 Å². The molecular weight excluding hydrogens is 371 g/mol. The van der Waals surface area contributed by atoms with Crippen LogP contribution in [0.4, 0.5) is 10.1 Å². The van der Waals surface area contributed by atoms with Gasteiger partial charge in [-0.05, 0) is 63.7 Å². The molecule has 0 atom stereocenters. The van der Waals surface area contributed by atoms with Gasteiger partial charge in [0.15, 0.2) is 0 Å². The van der Waals surface area contributed by atoms with E-state index in [1.165, 1.54) is 12.1 Å². The van der Waals surface area contributed by atoms with Gasteiger partial charge in [0.2, 0.25) is 0 Å². The van der Waals surface area contributed by atoms with Crippen LogP contribution in [0.15, 0.2) is 18.2 Å². The van der Waals surface area contributed by atoms with E-state index in [1.807, 2.05) is 25.9 Å². The van der Waals surface area contributed by atoms with Gasteiger partial charge in [-0.2, -0.15) is 0 Å². The van der Waals surface area contributed by atoms with Crippen molar-refractivity contribution in [3.05, 3.63) is 52.1 Å². The summed E-state index contributed by atoms with van der Waals surface area (Å²) in [6.07, 6.45) is 3.39. The van der Waals surface area contributed by atoms with Crippen LogP contribution in [0.25, 0.3) is 11.6 Å². The maximum Gasteiger partial charge on any atom is 0.256 e. The maximum absolute atomic E-state index is 13.7. The highest BCUT2D eigenvalue weighted by molar-refractivity contribution is 6.34. The average Bonchev–Trinajstić information content (AvgIpc) is 3.08. The van der Waals surface area contributed by atoms with Gasteiger partial charge in [0.25, 0.3) is 11.8 Å². The molecule has 4 rings (SSSR count). The number of carbonyl (C=O) groups is 2. The number of nitrogens with one attached hydrogen (secondary N) is 2. The molecule has 0 aliphatic carbocycles. The van der Waals surface area contributed by atoms with Crippen LogP contribution in [0.1, 0.15) is 39.3 Å². The normalized spacial score (nSPS) is 17.6.